The first-order valence-corrected chi connectivity index (χ1v) is 12.3. The first kappa shape index (κ1) is 27.4. The molecule has 0 aliphatic rings. The van der Waals surface area contributed by atoms with Crippen LogP contribution in [0.3, 0.4) is 0 Å². The van der Waals surface area contributed by atoms with E-state index in [0.29, 0.717) is 18.7 Å². The fourth-order valence-electron chi connectivity index (χ4n) is 3.98. The van der Waals surface area contributed by atoms with Crippen LogP contribution in [0.15, 0.2) is 42.5 Å². The molecule has 34 heavy (non-hydrogen) atoms. The van der Waals surface area contributed by atoms with Crippen LogP contribution in [0.2, 0.25) is 0 Å². The average Bonchev–Trinajstić information content (AvgIpc) is 2.83. The van der Waals surface area contributed by atoms with Gasteiger partial charge >= 0.3 is 5.97 Å². The van der Waals surface area contributed by atoms with Crippen LogP contribution in [0.4, 0.5) is 5.69 Å². The van der Waals surface area contributed by atoms with E-state index in [1.807, 2.05) is 43.3 Å². The first-order chi connectivity index (χ1) is 16.4. The molecule has 0 atom stereocenters. The van der Waals surface area contributed by atoms with Crippen molar-refractivity contribution >= 4 is 17.6 Å². The second kappa shape index (κ2) is 14.4. The Kier molecular flexibility index (Phi) is 11.6. The highest BCUT2D eigenvalue weighted by Crippen LogP contribution is 2.34. The minimum Gasteiger partial charge on any atom is -0.496 e. The Balaban J connectivity index is 2.23. The molecule has 2 aromatic carbocycles. The maximum Gasteiger partial charge on any atom is 0.335 e. The van der Waals surface area contributed by atoms with Crippen molar-refractivity contribution in [1.82, 2.24) is 4.90 Å². The minimum atomic E-state index is -0.977. The molecule has 2 rings (SSSR count). The Hall–Kier alpha value is -2.86. The molecule has 0 saturated carbocycles. The zero-order chi connectivity index (χ0) is 24.9. The molecule has 0 unspecified atom stereocenters. The summed E-state index contributed by atoms with van der Waals surface area (Å²) in [5.41, 5.74) is 2.52. The van der Waals surface area contributed by atoms with E-state index in [-0.39, 0.29) is 11.5 Å². The number of amides is 1. The summed E-state index contributed by atoms with van der Waals surface area (Å²) >= 11 is 0. The standard InChI is InChI=1S/C28H40N2O4/c1-5-6-7-8-9-10-11-15-27(31)30(19-18-29(2)3)24-16-17-26(34-4)25(21-24)22-13-12-14-23(20-22)28(32)33/h12-14,16-17,20-21H,5-11,15,18-19H2,1-4H3,(H,32,33). The van der Waals surface area contributed by atoms with Gasteiger partial charge in [-0.2, -0.15) is 0 Å². The van der Waals surface area contributed by atoms with Gasteiger partial charge in [0.15, 0.2) is 0 Å². The van der Waals surface area contributed by atoms with E-state index < -0.39 is 5.97 Å². The molecular weight excluding hydrogens is 428 g/mol. The molecule has 0 fully saturated rings. The zero-order valence-corrected chi connectivity index (χ0v) is 21.2. The molecule has 186 valence electrons. The van der Waals surface area contributed by atoms with Crippen LogP contribution in [0.25, 0.3) is 11.1 Å². The first-order valence-electron chi connectivity index (χ1n) is 12.3. The van der Waals surface area contributed by atoms with Gasteiger partial charge in [-0.25, -0.2) is 4.79 Å². The minimum absolute atomic E-state index is 0.116. The topological polar surface area (TPSA) is 70.1 Å². The van der Waals surface area contributed by atoms with Gasteiger partial charge in [-0.15, -0.1) is 0 Å². The SMILES string of the molecule is CCCCCCCCCC(=O)N(CCN(C)C)c1ccc(OC)c(-c2cccc(C(=O)O)c2)c1. The lowest BCUT2D eigenvalue weighted by Gasteiger charge is -2.26. The molecule has 6 nitrogen and oxygen atoms in total. The number of hydrogen-bond acceptors (Lipinski definition) is 4. The smallest absolute Gasteiger partial charge is 0.335 e. The molecule has 0 aliphatic carbocycles. The average molecular weight is 469 g/mol. The van der Waals surface area contributed by atoms with E-state index in [1.54, 1.807) is 25.3 Å². The molecule has 2 aromatic rings. The van der Waals surface area contributed by atoms with Crippen LogP contribution in [-0.4, -0.2) is 56.2 Å². The van der Waals surface area contributed by atoms with Gasteiger partial charge in [0.2, 0.25) is 5.91 Å². The van der Waals surface area contributed by atoms with Crippen LogP contribution in [0.5, 0.6) is 5.75 Å². The van der Waals surface area contributed by atoms with Gasteiger partial charge in [-0.1, -0.05) is 57.6 Å². The third-order valence-corrected chi connectivity index (χ3v) is 5.98. The number of rotatable bonds is 15. The van der Waals surface area contributed by atoms with Crippen molar-refractivity contribution in [2.45, 2.75) is 58.3 Å². The van der Waals surface area contributed by atoms with Crippen molar-refractivity contribution in [3.05, 3.63) is 48.0 Å². The monoisotopic (exact) mass is 468 g/mol. The number of anilines is 1. The number of likely N-dealkylation sites (N-methyl/N-ethyl adjacent to an activating group) is 1. The summed E-state index contributed by atoms with van der Waals surface area (Å²) < 4.78 is 5.55. The summed E-state index contributed by atoms with van der Waals surface area (Å²) in [6.45, 7) is 3.55. The lowest BCUT2D eigenvalue weighted by atomic mass is 10.0. The molecular formula is C28H40N2O4. The lowest BCUT2D eigenvalue weighted by molar-refractivity contribution is -0.118. The molecule has 0 saturated heterocycles. The van der Waals surface area contributed by atoms with Gasteiger partial charge in [-0.05, 0) is 56.4 Å². The molecule has 0 bridgehead atoms. The summed E-state index contributed by atoms with van der Waals surface area (Å²) in [6, 6.07) is 12.5. The maximum absolute atomic E-state index is 13.2. The highest BCUT2D eigenvalue weighted by Gasteiger charge is 2.18. The fourth-order valence-corrected chi connectivity index (χ4v) is 3.98. The van der Waals surface area contributed by atoms with Crippen molar-refractivity contribution in [3.8, 4) is 16.9 Å². The van der Waals surface area contributed by atoms with E-state index in [4.69, 9.17) is 4.74 Å². The van der Waals surface area contributed by atoms with E-state index in [0.717, 1.165) is 36.2 Å². The van der Waals surface area contributed by atoms with E-state index >= 15 is 0 Å². The predicted octanol–water partition coefficient (Wildman–Crippen LogP) is 6.10. The van der Waals surface area contributed by atoms with Crippen molar-refractivity contribution < 1.29 is 19.4 Å². The van der Waals surface area contributed by atoms with Crippen LogP contribution in [0, 0.1) is 0 Å². The molecule has 1 N–H and O–H groups in total. The van der Waals surface area contributed by atoms with Crippen LogP contribution in [-0.2, 0) is 4.79 Å². The number of carboxylic acid groups (broad SMARTS) is 1. The van der Waals surface area contributed by atoms with Gasteiger partial charge in [-0.3, -0.25) is 4.79 Å². The number of carbonyl (C=O) groups is 2. The molecule has 1 amide bonds. The number of ether oxygens (including phenoxy) is 1. The summed E-state index contributed by atoms with van der Waals surface area (Å²) in [4.78, 5) is 28.6. The van der Waals surface area contributed by atoms with Gasteiger partial charge in [0, 0.05) is 30.8 Å². The summed E-state index contributed by atoms with van der Waals surface area (Å²) in [5.74, 6) is -0.223. The summed E-state index contributed by atoms with van der Waals surface area (Å²) in [6.07, 6.45) is 8.71. The van der Waals surface area contributed by atoms with Gasteiger partial charge < -0.3 is 19.6 Å². The third kappa shape index (κ3) is 8.49. The number of carboxylic acids is 1. The van der Waals surface area contributed by atoms with Gasteiger partial charge in [0.25, 0.3) is 0 Å². The molecule has 0 radical (unpaired) electrons. The second-order valence-electron chi connectivity index (χ2n) is 8.99. The number of carbonyl (C=O) groups excluding carboxylic acids is 1. The van der Waals surface area contributed by atoms with Crippen molar-refractivity contribution in [2.24, 2.45) is 0 Å². The Labute approximate surface area is 204 Å². The van der Waals surface area contributed by atoms with Crippen molar-refractivity contribution in [3.63, 3.8) is 0 Å². The molecule has 0 heterocycles. The van der Waals surface area contributed by atoms with E-state index in [1.165, 1.54) is 32.1 Å². The normalized spacial score (nSPS) is 11.0. The van der Waals surface area contributed by atoms with E-state index in [2.05, 4.69) is 11.8 Å². The molecule has 0 spiro atoms. The Morgan fingerprint density at radius 2 is 1.62 bits per heavy atom. The maximum atomic E-state index is 13.2. The number of benzene rings is 2. The number of unbranched alkanes of at least 4 members (excludes halogenated alkanes) is 6. The zero-order valence-electron chi connectivity index (χ0n) is 21.2. The van der Waals surface area contributed by atoms with Crippen molar-refractivity contribution in [1.29, 1.82) is 0 Å². The number of hydrogen-bond donors (Lipinski definition) is 1. The quantitative estimate of drug-likeness (QED) is 0.320. The summed E-state index contributed by atoms with van der Waals surface area (Å²) in [5, 5.41) is 9.39. The van der Waals surface area contributed by atoms with Crippen LogP contribution >= 0.6 is 0 Å². The lowest BCUT2D eigenvalue weighted by Crippen LogP contribution is -2.36. The highest BCUT2D eigenvalue weighted by molar-refractivity contribution is 5.95. The van der Waals surface area contributed by atoms with Crippen LogP contribution < -0.4 is 9.64 Å². The van der Waals surface area contributed by atoms with Gasteiger partial charge in [0.05, 0.1) is 12.7 Å². The van der Waals surface area contributed by atoms with Crippen LogP contribution in [0.1, 0.15) is 68.6 Å². The molecule has 6 heteroatoms. The third-order valence-electron chi connectivity index (χ3n) is 5.98. The highest BCUT2D eigenvalue weighted by atomic mass is 16.5. The number of methoxy groups -OCH3 is 1. The van der Waals surface area contributed by atoms with Gasteiger partial charge in [0.1, 0.15) is 5.75 Å². The Morgan fingerprint density at radius 1 is 0.912 bits per heavy atom. The Bertz CT molecular complexity index is 926. The number of nitrogens with zero attached hydrogens (tertiary/aromatic N) is 2. The second-order valence-corrected chi connectivity index (χ2v) is 8.99. The molecule has 0 aromatic heterocycles. The fraction of sp³-hybridized carbons (Fsp3) is 0.500. The molecule has 0 aliphatic heterocycles. The summed E-state index contributed by atoms with van der Waals surface area (Å²) in [7, 11) is 5.58. The number of aromatic carboxylic acids is 1. The largest absolute Gasteiger partial charge is 0.496 e. The predicted molar refractivity (Wildman–Crippen MR) is 139 cm³/mol. The van der Waals surface area contributed by atoms with E-state index in [9.17, 15) is 14.7 Å². The van der Waals surface area contributed by atoms with Crippen molar-refractivity contribution in [2.75, 3.05) is 39.2 Å². The Morgan fingerprint density at radius 3 is 2.26 bits per heavy atom.